The second-order valence-corrected chi connectivity index (χ2v) is 5.97. The zero-order valence-electron chi connectivity index (χ0n) is 14.9. The first-order chi connectivity index (χ1) is 12.9. The molecule has 2 aliphatic rings. The summed E-state index contributed by atoms with van der Waals surface area (Å²) in [7, 11) is 0. The average Bonchev–Trinajstić information content (AvgIpc) is 2.86. The molecule has 2 heterocycles. The fraction of sp³-hybridized carbons (Fsp3) is 0.250. The van der Waals surface area contributed by atoms with Crippen LogP contribution in [0.5, 0.6) is 0 Å². The highest BCUT2D eigenvalue weighted by Gasteiger charge is 2.61. The first-order valence-electron chi connectivity index (χ1n) is 8.26. The molecule has 2 N–H and O–H groups in total. The van der Waals surface area contributed by atoms with E-state index in [1.54, 1.807) is 31.2 Å². The number of carbonyl (C=O) groups excluding carboxylic acids is 2. The van der Waals surface area contributed by atoms with Gasteiger partial charge >= 0.3 is 5.97 Å². The van der Waals surface area contributed by atoms with Crippen LogP contribution in [0.4, 0.5) is 5.69 Å². The molecule has 1 aromatic carbocycles. The van der Waals surface area contributed by atoms with Gasteiger partial charge in [-0.1, -0.05) is 24.1 Å². The van der Waals surface area contributed by atoms with Crippen LogP contribution in [-0.4, -0.2) is 25.0 Å². The molecule has 0 bridgehead atoms. The van der Waals surface area contributed by atoms with Crippen molar-refractivity contribution in [1.29, 1.82) is 5.26 Å². The van der Waals surface area contributed by atoms with Gasteiger partial charge in [-0.3, -0.25) is 9.69 Å². The van der Waals surface area contributed by atoms with E-state index in [1.807, 2.05) is 6.07 Å². The summed E-state index contributed by atoms with van der Waals surface area (Å²) in [6.45, 7) is 3.23. The lowest BCUT2D eigenvalue weighted by Gasteiger charge is -2.34. The molecule has 0 aliphatic carbocycles. The van der Waals surface area contributed by atoms with Crippen molar-refractivity contribution in [2.45, 2.75) is 19.3 Å². The van der Waals surface area contributed by atoms with E-state index in [1.165, 1.54) is 11.8 Å². The van der Waals surface area contributed by atoms with Crippen LogP contribution in [0.2, 0.25) is 0 Å². The van der Waals surface area contributed by atoms with Crippen molar-refractivity contribution in [3.63, 3.8) is 0 Å². The summed E-state index contributed by atoms with van der Waals surface area (Å²) in [5.41, 5.74) is 4.93. The van der Waals surface area contributed by atoms with Crippen molar-refractivity contribution in [2.75, 3.05) is 18.1 Å². The van der Waals surface area contributed by atoms with Crippen LogP contribution in [0.1, 0.15) is 19.4 Å². The minimum Gasteiger partial charge on any atom is -0.462 e. The lowest BCUT2D eigenvalue weighted by atomic mass is 9.68. The number of hydrogen-bond donors (Lipinski definition) is 1. The minimum atomic E-state index is -1.75. The van der Waals surface area contributed by atoms with Crippen molar-refractivity contribution in [2.24, 2.45) is 5.73 Å². The summed E-state index contributed by atoms with van der Waals surface area (Å²) in [5, 5.41) is 9.81. The van der Waals surface area contributed by atoms with Crippen molar-refractivity contribution >= 4 is 17.6 Å². The smallest absolute Gasteiger partial charge is 0.339 e. The largest absolute Gasteiger partial charge is 0.462 e. The van der Waals surface area contributed by atoms with Crippen LogP contribution in [-0.2, 0) is 24.5 Å². The SMILES string of the molecule is C#CCN1C(=O)[C@@]2(C(C#N)=C(N)OC(C)=C2C(=O)OCC)c2ccccc21. The molecule has 1 amide bonds. The number of hydrogen-bond acceptors (Lipinski definition) is 6. The number of amides is 1. The van der Waals surface area contributed by atoms with E-state index in [4.69, 9.17) is 21.6 Å². The Morgan fingerprint density at radius 3 is 2.78 bits per heavy atom. The lowest BCUT2D eigenvalue weighted by molar-refractivity contribution is -0.141. The summed E-state index contributed by atoms with van der Waals surface area (Å²) in [5.74, 6) is 1.03. The van der Waals surface area contributed by atoms with Crippen LogP contribution >= 0.6 is 0 Å². The molecule has 136 valence electrons. The number of nitriles is 1. The molecular weight excluding hydrogens is 346 g/mol. The van der Waals surface area contributed by atoms with Gasteiger partial charge in [0.1, 0.15) is 23.0 Å². The van der Waals surface area contributed by atoms with E-state index in [0.29, 0.717) is 11.3 Å². The van der Waals surface area contributed by atoms with Crippen LogP contribution in [0.3, 0.4) is 0 Å². The van der Waals surface area contributed by atoms with Gasteiger partial charge in [-0.2, -0.15) is 5.26 Å². The number of para-hydroxylation sites is 1. The molecule has 0 radical (unpaired) electrons. The highest BCUT2D eigenvalue weighted by atomic mass is 16.5. The zero-order chi connectivity index (χ0) is 19.8. The molecule has 1 atom stereocenters. The topological polar surface area (TPSA) is 106 Å². The molecule has 1 spiro atoms. The number of fused-ring (bicyclic) bond motifs is 2. The Kier molecular flexibility index (Phi) is 4.39. The number of nitrogens with zero attached hydrogens (tertiary/aromatic N) is 2. The van der Waals surface area contributed by atoms with E-state index in [9.17, 15) is 14.9 Å². The van der Waals surface area contributed by atoms with E-state index in [0.717, 1.165) is 0 Å². The minimum absolute atomic E-state index is 0.0216. The maximum atomic E-state index is 13.6. The molecule has 2 aliphatic heterocycles. The first-order valence-corrected chi connectivity index (χ1v) is 8.26. The van der Waals surface area contributed by atoms with Crippen molar-refractivity contribution in [3.8, 4) is 18.4 Å². The van der Waals surface area contributed by atoms with E-state index >= 15 is 0 Å². The number of esters is 1. The van der Waals surface area contributed by atoms with Gasteiger partial charge in [0, 0.05) is 11.3 Å². The summed E-state index contributed by atoms with van der Waals surface area (Å²) >= 11 is 0. The fourth-order valence-corrected chi connectivity index (χ4v) is 3.66. The van der Waals surface area contributed by atoms with Crippen LogP contribution in [0, 0.1) is 23.7 Å². The van der Waals surface area contributed by atoms with Gasteiger partial charge in [-0.05, 0) is 19.9 Å². The quantitative estimate of drug-likeness (QED) is 0.644. The van der Waals surface area contributed by atoms with Gasteiger partial charge in [0.05, 0.1) is 13.2 Å². The Morgan fingerprint density at radius 2 is 2.15 bits per heavy atom. The monoisotopic (exact) mass is 363 g/mol. The number of terminal acetylenes is 1. The second-order valence-electron chi connectivity index (χ2n) is 5.97. The maximum absolute atomic E-state index is 13.6. The van der Waals surface area contributed by atoms with Gasteiger partial charge in [0.15, 0.2) is 5.41 Å². The lowest BCUT2D eigenvalue weighted by Crippen LogP contribution is -2.48. The van der Waals surface area contributed by atoms with Crippen molar-refractivity contribution in [3.05, 3.63) is 52.6 Å². The Bertz CT molecular complexity index is 993. The number of anilines is 1. The standard InChI is InChI=1S/C20H17N3O4/c1-4-10-23-15-9-7-6-8-13(15)20(19(23)25)14(11-21)17(22)27-12(3)16(20)18(24)26-5-2/h1,6-9H,5,10,22H2,2-3H3/t20-/m1/s1. The van der Waals surface area contributed by atoms with E-state index in [2.05, 4.69) is 5.92 Å². The van der Waals surface area contributed by atoms with E-state index in [-0.39, 0.29) is 35.9 Å². The predicted octanol–water partition coefficient (Wildman–Crippen LogP) is 1.47. The number of rotatable bonds is 3. The molecular formula is C20H17N3O4. The highest BCUT2D eigenvalue weighted by molar-refractivity contribution is 6.18. The number of allylic oxidation sites excluding steroid dienone is 1. The number of nitrogens with two attached hydrogens (primary N) is 1. The second kappa shape index (κ2) is 6.54. The number of benzene rings is 1. The molecule has 0 saturated carbocycles. The Hall–Kier alpha value is -3.71. The summed E-state index contributed by atoms with van der Waals surface area (Å²) in [6.07, 6.45) is 5.44. The molecule has 3 rings (SSSR count). The number of ether oxygens (including phenoxy) is 2. The van der Waals surface area contributed by atoms with Crippen LogP contribution < -0.4 is 10.6 Å². The van der Waals surface area contributed by atoms with Gasteiger partial charge in [-0.15, -0.1) is 6.42 Å². The average molecular weight is 363 g/mol. The molecule has 7 heteroatoms. The van der Waals surface area contributed by atoms with Gasteiger partial charge in [0.25, 0.3) is 0 Å². The normalized spacial score (nSPS) is 20.9. The maximum Gasteiger partial charge on any atom is 0.339 e. The summed E-state index contributed by atoms with van der Waals surface area (Å²) in [4.78, 5) is 27.8. The number of carbonyl (C=O) groups is 2. The van der Waals surface area contributed by atoms with Gasteiger partial charge in [-0.25, -0.2) is 4.79 Å². The van der Waals surface area contributed by atoms with Crippen LogP contribution in [0.15, 0.2) is 47.1 Å². The molecule has 7 nitrogen and oxygen atoms in total. The molecule has 1 aromatic rings. The first kappa shape index (κ1) is 18.1. The third kappa shape index (κ3) is 2.29. The predicted molar refractivity (Wildman–Crippen MR) is 96.6 cm³/mol. The van der Waals surface area contributed by atoms with Crippen molar-refractivity contribution < 1.29 is 19.1 Å². The highest BCUT2D eigenvalue weighted by Crippen LogP contribution is 2.53. The Balaban J connectivity index is 2.42. The molecule has 0 aromatic heterocycles. The Labute approximate surface area is 156 Å². The van der Waals surface area contributed by atoms with Crippen molar-refractivity contribution in [1.82, 2.24) is 0 Å². The van der Waals surface area contributed by atoms with E-state index < -0.39 is 17.3 Å². The van der Waals surface area contributed by atoms with Gasteiger partial charge < -0.3 is 15.2 Å². The molecule has 0 fully saturated rings. The fourth-order valence-electron chi connectivity index (χ4n) is 3.66. The molecule has 0 saturated heterocycles. The third-order valence-corrected chi connectivity index (χ3v) is 4.62. The van der Waals surface area contributed by atoms with Crippen LogP contribution in [0.25, 0.3) is 0 Å². The Morgan fingerprint density at radius 1 is 1.44 bits per heavy atom. The third-order valence-electron chi connectivity index (χ3n) is 4.62. The molecule has 27 heavy (non-hydrogen) atoms. The summed E-state index contributed by atoms with van der Waals surface area (Å²) < 4.78 is 10.6. The zero-order valence-corrected chi connectivity index (χ0v) is 14.9. The molecule has 0 unspecified atom stereocenters. The van der Waals surface area contributed by atoms with Gasteiger partial charge in [0.2, 0.25) is 11.8 Å². The summed E-state index contributed by atoms with van der Waals surface area (Å²) in [6, 6.07) is 8.79.